The smallest absolute Gasteiger partial charge is 0.208 e. The molecule has 16 heavy (non-hydrogen) atoms. The van der Waals surface area contributed by atoms with Crippen molar-refractivity contribution in [1.82, 2.24) is 4.72 Å². The molecule has 0 aliphatic heterocycles. The van der Waals surface area contributed by atoms with Crippen LogP contribution in [0.25, 0.3) is 0 Å². The lowest BCUT2D eigenvalue weighted by molar-refractivity contribution is 0.323. The molecule has 0 aliphatic carbocycles. The Morgan fingerprint density at radius 2 is 2.12 bits per heavy atom. The summed E-state index contributed by atoms with van der Waals surface area (Å²) < 4.78 is 29.2. The second kappa shape index (κ2) is 5.18. The van der Waals surface area contributed by atoms with Crippen molar-refractivity contribution in [1.29, 1.82) is 0 Å². The molecule has 1 rings (SSSR count). The Labute approximate surface area is 95.7 Å². The Kier molecular flexibility index (Phi) is 4.14. The van der Waals surface area contributed by atoms with Crippen LogP contribution in [0.5, 0.6) is 5.75 Å². The van der Waals surface area contributed by atoms with Gasteiger partial charge in [0.15, 0.2) is 0 Å². The van der Waals surface area contributed by atoms with Gasteiger partial charge in [-0.25, -0.2) is 13.1 Å². The minimum atomic E-state index is -3.14. The number of nitrogen functional groups attached to an aromatic ring is 1. The van der Waals surface area contributed by atoms with Crippen molar-refractivity contribution in [3.63, 3.8) is 0 Å². The van der Waals surface area contributed by atoms with Crippen molar-refractivity contribution in [3.8, 4) is 5.75 Å². The van der Waals surface area contributed by atoms with Crippen LogP contribution in [-0.4, -0.2) is 27.8 Å². The van der Waals surface area contributed by atoms with E-state index in [-0.39, 0.29) is 13.2 Å². The molecule has 0 fully saturated rings. The van der Waals surface area contributed by atoms with Gasteiger partial charge >= 0.3 is 0 Å². The van der Waals surface area contributed by atoms with Crippen molar-refractivity contribution in [2.24, 2.45) is 0 Å². The summed E-state index contributed by atoms with van der Waals surface area (Å²) in [5.41, 5.74) is 7.30. The zero-order chi connectivity index (χ0) is 12.2. The predicted octanol–water partition coefficient (Wildman–Crippen LogP) is 0.505. The third-order valence-corrected chi connectivity index (χ3v) is 2.70. The van der Waals surface area contributed by atoms with Gasteiger partial charge in [-0.05, 0) is 30.7 Å². The van der Waals surface area contributed by atoms with Gasteiger partial charge in [0.1, 0.15) is 12.4 Å². The van der Waals surface area contributed by atoms with Crippen LogP contribution in [0.15, 0.2) is 18.2 Å². The molecule has 0 amide bonds. The monoisotopic (exact) mass is 244 g/mol. The average Bonchev–Trinajstić information content (AvgIpc) is 2.17. The summed E-state index contributed by atoms with van der Waals surface area (Å²) in [6.07, 6.45) is 1.11. The summed E-state index contributed by atoms with van der Waals surface area (Å²) in [5.74, 6) is 0.682. The summed E-state index contributed by atoms with van der Waals surface area (Å²) in [6.45, 7) is 2.43. The molecule has 1 aromatic carbocycles. The zero-order valence-corrected chi connectivity index (χ0v) is 10.2. The first-order valence-electron chi connectivity index (χ1n) is 4.82. The Morgan fingerprint density at radius 3 is 2.69 bits per heavy atom. The van der Waals surface area contributed by atoms with Crippen molar-refractivity contribution < 1.29 is 13.2 Å². The molecule has 1 aromatic rings. The van der Waals surface area contributed by atoms with E-state index in [0.717, 1.165) is 11.8 Å². The quantitative estimate of drug-likeness (QED) is 0.584. The molecule has 0 saturated heterocycles. The van der Waals surface area contributed by atoms with Gasteiger partial charge in [0.2, 0.25) is 10.0 Å². The Bertz CT molecular complexity index is 457. The van der Waals surface area contributed by atoms with Gasteiger partial charge in [-0.3, -0.25) is 0 Å². The maximum Gasteiger partial charge on any atom is 0.208 e. The minimum Gasteiger partial charge on any atom is -0.492 e. The van der Waals surface area contributed by atoms with Gasteiger partial charge in [-0.2, -0.15) is 0 Å². The summed E-state index contributed by atoms with van der Waals surface area (Å²) in [4.78, 5) is 0. The van der Waals surface area contributed by atoms with Gasteiger partial charge in [-0.15, -0.1) is 0 Å². The van der Waals surface area contributed by atoms with E-state index in [0.29, 0.717) is 11.4 Å². The molecule has 6 heteroatoms. The van der Waals surface area contributed by atoms with Gasteiger partial charge in [-0.1, -0.05) is 0 Å². The second-order valence-electron chi connectivity index (χ2n) is 3.53. The van der Waals surface area contributed by atoms with E-state index in [1.165, 1.54) is 0 Å². The molecule has 5 nitrogen and oxygen atoms in total. The van der Waals surface area contributed by atoms with E-state index >= 15 is 0 Å². The number of ether oxygens (including phenoxy) is 1. The number of hydrogen-bond donors (Lipinski definition) is 2. The van der Waals surface area contributed by atoms with Crippen molar-refractivity contribution in [3.05, 3.63) is 23.8 Å². The fraction of sp³-hybridized carbons (Fsp3) is 0.400. The molecule has 3 N–H and O–H groups in total. The number of nitrogens with two attached hydrogens (primary N) is 1. The molecular weight excluding hydrogens is 228 g/mol. The normalized spacial score (nSPS) is 11.4. The highest BCUT2D eigenvalue weighted by Gasteiger charge is 2.00. The molecule has 0 radical (unpaired) electrons. The largest absolute Gasteiger partial charge is 0.492 e. The zero-order valence-electron chi connectivity index (χ0n) is 9.36. The van der Waals surface area contributed by atoms with Crippen LogP contribution >= 0.6 is 0 Å². The first-order chi connectivity index (χ1) is 7.38. The topological polar surface area (TPSA) is 81.4 Å². The van der Waals surface area contributed by atoms with Gasteiger partial charge in [0.25, 0.3) is 0 Å². The predicted molar refractivity (Wildman–Crippen MR) is 63.9 cm³/mol. The first kappa shape index (κ1) is 12.8. The molecule has 0 aromatic heterocycles. The van der Waals surface area contributed by atoms with Crippen LogP contribution in [0.1, 0.15) is 5.56 Å². The highest BCUT2D eigenvalue weighted by Crippen LogP contribution is 2.18. The lowest BCUT2D eigenvalue weighted by Gasteiger charge is -2.08. The van der Waals surface area contributed by atoms with E-state index in [2.05, 4.69) is 4.72 Å². The second-order valence-corrected chi connectivity index (χ2v) is 5.37. The Hall–Kier alpha value is -1.27. The highest BCUT2D eigenvalue weighted by molar-refractivity contribution is 7.88. The van der Waals surface area contributed by atoms with Crippen LogP contribution in [0, 0.1) is 6.92 Å². The van der Waals surface area contributed by atoms with Crippen molar-refractivity contribution in [2.75, 3.05) is 25.1 Å². The lowest BCUT2D eigenvalue weighted by Crippen LogP contribution is -2.26. The number of nitrogens with one attached hydrogen (secondary N) is 1. The lowest BCUT2D eigenvalue weighted by atomic mass is 10.2. The number of aryl methyl sites for hydroxylation is 1. The molecule has 0 atom stereocenters. The number of rotatable bonds is 5. The van der Waals surface area contributed by atoms with Crippen molar-refractivity contribution in [2.45, 2.75) is 6.92 Å². The van der Waals surface area contributed by atoms with Crippen LogP contribution in [0.2, 0.25) is 0 Å². The van der Waals surface area contributed by atoms with Crippen LogP contribution in [0.4, 0.5) is 5.69 Å². The number of hydrogen-bond acceptors (Lipinski definition) is 4. The Morgan fingerprint density at radius 1 is 1.44 bits per heavy atom. The molecule has 0 spiro atoms. The van der Waals surface area contributed by atoms with E-state index in [4.69, 9.17) is 10.5 Å². The van der Waals surface area contributed by atoms with E-state index in [1.807, 2.05) is 13.0 Å². The molecular formula is C10H16N2O3S. The van der Waals surface area contributed by atoms with Crippen LogP contribution in [-0.2, 0) is 10.0 Å². The third kappa shape index (κ3) is 4.50. The first-order valence-corrected chi connectivity index (χ1v) is 6.71. The van der Waals surface area contributed by atoms with E-state index in [9.17, 15) is 8.42 Å². The minimum absolute atomic E-state index is 0.252. The van der Waals surface area contributed by atoms with Gasteiger partial charge in [0.05, 0.1) is 6.26 Å². The standard InChI is InChI=1S/C10H16N2O3S/c1-8-7-9(3-4-10(8)11)15-6-5-12-16(2,13)14/h3-4,7,12H,5-6,11H2,1-2H3. The molecule has 90 valence electrons. The molecule has 0 bridgehead atoms. The summed E-state index contributed by atoms with van der Waals surface area (Å²) in [7, 11) is -3.14. The maximum atomic E-state index is 10.8. The van der Waals surface area contributed by atoms with Gasteiger partial charge in [0, 0.05) is 12.2 Å². The molecule has 0 heterocycles. The number of anilines is 1. The fourth-order valence-electron chi connectivity index (χ4n) is 1.13. The van der Waals surface area contributed by atoms with E-state index in [1.54, 1.807) is 12.1 Å². The summed E-state index contributed by atoms with van der Waals surface area (Å²) in [6, 6.07) is 5.33. The fourth-order valence-corrected chi connectivity index (χ4v) is 1.59. The SMILES string of the molecule is Cc1cc(OCCNS(C)(=O)=O)ccc1N. The molecule has 0 unspecified atom stereocenters. The van der Waals surface area contributed by atoms with Crippen LogP contribution in [0.3, 0.4) is 0 Å². The molecule has 0 aliphatic rings. The Balaban J connectivity index is 2.41. The summed E-state index contributed by atoms with van der Waals surface area (Å²) >= 11 is 0. The average molecular weight is 244 g/mol. The number of sulfonamides is 1. The highest BCUT2D eigenvalue weighted by atomic mass is 32.2. The van der Waals surface area contributed by atoms with Crippen LogP contribution < -0.4 is 15.2 Å². The number of benzene rings is 1. The van der Waals surface area contributed by atoms with E-state index < -0.39 is 10.0 Å². The van der Waals surface area contributed by atoms with Crippen molar-refractivity contribution >= 4 is 15.7 Å². The summed E-state index contributed by atoms with van der Waals surface area (Å²) in [5, 5.41) is 0. The maximum absolute atomic E-state index is 10.8. The van der Waals surface area contributed by atoms with Gasteiger partial charge < -0.3 is 10.5 Å². The third-order valence-electron chi connectivity index (χ3n) is 1.98. The molecule has 0 saturated carbocycles.